The standard InChI is InChI=1S/C23H25ClN4O3/c1-30-19-8-6-16(7-9-19)22-26-23(31-27-22)17-10-12-28(13-11-17)15-21(29)25-14-18-4-2-3-5-20(18)24/h2-9,17H,10-15H2,1H3,(H,25,29). The lowest BCUT2D eigenvalue weighted by molar-refractivity contribution is -0.122. The fourth-order valence-corrected chi connectivity index (χ4v) is 3.89. The molecule has 1 N–H and O–H groups in total. The molecule has 1 amide bonds. The minimum atomic E-state index is -0.00190. The molecule has 31 heavy (non-hydrogen) atoms. The maximum atomic E-state index is 12.3. The van der Waals surface area contributed by atoms with Crippen LogP contribution in [0.5, 0.6) is 5.75 Å². The van der Waals surface area contributed by atoms with Gasteiger partial charge in [0.25, 0.3) is 0 Å². The molecule has 0 spiro atoms. The van der Waals surface area contributed by atoms with E-state index < -0.39 is 0 Å². The van der Waals surface area contributed by atoms with E-state index in [0.29, 0.717) is 29.8 Å². The summed E-state index contributed by atoms with van der Waals surface area (Å²) in [4.78, 5) is 19.0. The van der Waals surface area contributed by atoms with Gasteiger partial charge in [0.15, 0.2) is 0 Å². The zero-order valence-electron chi connectivity index (χ0n) is 17.4. The number of likely N-dealkylation sites (tertiary alicyclic amines) is 1. The van der Waals surface area contributed by atoms with Gasteiger partial charge in [-0.2, -0.15) is 4.98 Å². The highest BCUT2D eigenvalue weighted by Crippen LogP contribution is 2.29. The molecule has 1 aromatic heterocycles. The van der Waals surface area contributed by atoms with Crippen molar-refractivity contribution in [3.63, 3.8) is 0 Å². The maximum absolute atomic E-state index is 12.3. The van der Waals surface area contributed by atoms with Crippen molar-refractivity contribution >= 4 is 17.5 Å². The number of halogens is 1. The quantitative estimate of drug-likeness (QED) is 0.600. The first-order chi connectivity index (χ1) is 15.1. The number of carbonyl (C=O) groups excluding carboxylic acids is 1. The van der Waals surface area contributed by atoms with Crippen LogP contribution in [0.2, 0.25) is 5.02 Å². The molecule has 1 aliphatic rings. The number of amides is 1. The summed E-state index contributed by atoms with van der Waals surface area (Å²) < 4.78 is 10.7. The van der Waals surface area contributed by atoms with Gasteiger partial charge in [0.2, 0.25) is 17.6 Å². The molecule has 1 fully saturated rings. The van der Waals surface area contributed by atoms with E-state index in [0.717, 1.165) is 42.8 Å². The number of aromatic nitrogens is 2. The molecule has 1 aliphatic heterocycles. The Morgan fingerprint density at radius 2 is 1.94 bits per heavy atom. The van der Waals surface area contributed by atoms with Crippen LogP contribution in [0.4, 0.5) is 0 Å². The van der Waals surface area contributed by atoms with Crippen molar-refractivity contribution in [1.29, 1.82) is 0 Å². The molecular formula is C23H25ClN4O3. The van der Waals surface area contributed by atoms with Crippen LogP contribution >= 0.6 is 11.6 Å². The summed E-state index contributed by atoms with van der Waals surface area (Å²) in [6, 6.07) is 15.1. The average molecular weight is 441 g/mol. The molecule has 7 nitrogen and oxygen atoms in total. The van der Waals surface area contributed by atoms with E-state index in [1.807, 2.05) is 48.5 Å². The highest BCUT2D eigenvalue weighted by Gasteiger charge is 2.26. The minimum Gasteiger partial charge on any atom is -0.497 e. The van der Waals surface area contributed by atoms with Crippen LogP contribution in [0, 0.1) is 0 Å². The lowest BCUT2D eigenvalue weighted by Crippen LogP contribution is -2.41. The molecule has 2 heterocycles. The van der Waals surface area contributed by atoms with Crippen molar-refractivity contribution in [2.75, 3.05) is 26.7 Å². The minimum absolute atomic E-state index is 0.00190. The molecule has 0 unspecified atom stereocenters. The van der Waals surface area contributed by atoms with Gasteiger partial charge in [0.05, 0.1) is 13.7 Å². The van der Waals surface area contributed by atoms with Crippen molar-refractivity contribution in [3.05, 3.63) is 65.0 Å². The second-order valence-electron chi connectivity index (χ2n) is 7.60. The molecule has 0 saturated carbocycles. The smallest absolute Gasteiger partial charge is 0.234 e. The highest BCUT2D eigenvalue weighted by atomic mass is 35.5. The second kappa shape index (κ2) is 9.94. The maximum Gasteiger partial charge on any atom is 0.234 e. The Balaban J connectivity index is 1.25. The number of hydrogen-bond acceptors (Lipinski definition) is 6. The number of nitrogens with one attached hydrogen (secondary N) is 1. The number of ether oxygens (including phenoxy) is 1. The highest BCUT2D eigenvalue weighted by molar-refractivity contribution is 6.31. The average Bonchev–Trinajstić information content (AvgIpc) is 3.29. The Labute approximate surface area is 186 Å². The largest absolute Gasteiger partial charge is 0.497 e. The van der Waals surface area contributed by atoms with Gasteiger partial charge in [0.1, 0.15) is 5.75 Å². The van der Waals surface area contributed by atoms with Crippen molar-refractivity contribution in [3.8, 4) is 17.1 Å². The van der Waals surface area contributed by atoms with E-state index >= 15 is 0 Å². The zero-order valence-corrected chi connectivity index (χ0v) is 18.1. The number of methoxy groups -OCH3 is 1. The fourth-order valence-electron chi connectivity index (χ4n) is 3.69. The summed E-state index contributed by atoms with van der Waals surface area (Å²) >= 11 is 6.14. The zero-order chi connectivity index (χ0) is 21.6. The van der Waals surface area contributed by atoms with Crippen molar-refractivity contribution in [2.24, 2.45) is 0 Å². The lowest BCUT2D eigenvalue weighted by atomic mass is 9.97. The van der Waals surface area contributed by atoms with Gasteiger partial charge in [-0.3, -0.25) is 9.69 Å². The topological polar surface area (TPSA) is 80.5 Å². The Morgan fingerprint density at radius 3 is 2.65 bits per heavy atom. The molecule has 3 aromatic rings. The Bertz CT molecular complexity index is 1010. The van der Waals surface area contributed by atoms with Crippen molar-refractivity contribution < 1.29 is 14.1 Å². The molecule has 0 radical (unpaired) electrons. The molecule has 162 valence electrons. The third kappa shape index (κ3) is 5.42. The SMILES string of the molecule is COc1ccc(-c2noc(C3CCN(CC(=O)NCc4ccccc4Cl)CC3)n2)cc1. The van der Waals surface area contributed by atoms with Gasteiger partial charge in [-0.05, 0) is 61.8 Å². The first kappa shape index (κ1) is 21.3. The monoisotopic (exact) mass is 440 g/mol. The predicted molar refractivity (Wildman–Crippen MR) is 118 cm³/mol. The predicted octanol–water partition coefficient (Wildman–Crippen LogP) is 3.89. The third-order valence-corrected chi connectivity index (χ3v) is 5.90. The van der Waals surface area contributed by atoms with Crippen LogP contribution in [0.15, 0.2) is 53.1 Å². The Morgan fingerprint density at radius 1 is 1.19 bits per heavy atom. The van der Waals surface area contributed by atoms with Gasteiger partial charge >= 0.3 is 0 Å². The molecule has 8 heteroatoms. The van der Waals surface area contributed by atoms with E-state index in [1.54, 1.807) is 7.11 Å². The number of carbonyl (C=O) groups is 1. The van der Waals surface area contributed by atoms with Crippen LogP contribution in [0.25, 0.3) is 11.4 Å². The van der Waals surface area contributed by atoms with Crippen molar-refractivity contribution in [2.45, 2.75) is 25.3 Å². The molecular weight excluding hydrogens is 416 g/mol. The first-order valence-corrected chi connectivity index (χ1v) is 10.7. The summed E-state index contributed by atoms with van der Waals surface area (Å²) in [6.45, 7) is 2.43. The van der Waals surface area contributed by atoms with E-state index in [1.165, 1.54) is 0 Å². The van der Waals surface area contributed by atoms with Crippen LogP contribution in [0.1, 0.15) is 30.2 Å². The Kier molecular flexibility index (Phi) is 6.84. The van der Waals surface area contributed by atoms with Gasteiger partial charge < -0.3 is 14.6 Å². The lowest BCUT2D eigenvalue weighted by Gasteiger charge is -2.29. The van der Waals surface area contributed by atoms with E-state index in [4.69, 9.17) is 20.9 Å². The number of piperidine rings is 1. The van der Waals surface area contributed by atoms with Crippen LogP contribution in [-0.2, 0) is 11.3 Å². The van der Waals surface area contributed by atoms with Crippen LogP contribution < -0.4 is 10.1 Å². The van der Waals surface area contributed by atoms with Crippen molar-refractivity contribution in [1.82, 2.24) is 20.4 Å². The van der Waals surface area contributed by atoms with E-state index in [-0.39, 0.29) is 11.8 Å². The first-order valence-electron chi connectivity index (χ1n) is 10.3. The fraction of sp³-hybridized carbons (Fsp3) is 0.348. The summed E-state index contributed by atoms with van der Waals surface area (Å²) in [5.74, 6) is 2.24. The molecule has 4 rings (SSSR count). The number of rotatable bonds is 7. The number of nitrogens with zero attached hydrogens (tertiary/aromatic N) is 3. The normalized spacial score (nSPS) is 15.0. The summed E-state index contributed by atoms with van der Waals surface area (Å²) in [6.07, 6.45) is 1.75. The number of benzene rings is 2. The van der Waals surface area contributed by atoms with Gasteiger partial charge in [-0.15, -0.1) is 0 Å². The molecule has 1 saturated heterocycles. The summed E-state index contributed by atoms with van der Waals surface area (Å²) in [5.41, 5.74) is 1.81. The van der Waals surface area contributed by atoms with Crippen LogP contribution in [-0.4, -0.2) is 47.7 Å². The van der Waals surface area contributed by atoms with Gasteiger partial charge in [-0.25, -0.2) is 0 Å². The third-order valence-electron chi connectivity index (χ3n) is 5.53. The molecule has 0 aliphatic carbocycles. The molecule has 0 atom stereocenters. The van der Waals surface area contributed by atoms with Gasteiger partial charge in [-0.1, -0.05) is 35.0 Å². The van der Waals surface area contributed by atoms with Crippen LogP contribution in [0.3, 0.4) is 0 Å². The summed E-state index contributed by atoms with van der Waals surface area (Å²) in [5, 5.41) is 7.74. The van der Waals surface area contributed by atoms with E-state index in [2.05, 4.69) is 20.4 Å². The summed E-state index contributed by atoms with van der Waals surface area (Å²) in [7, 11) is 1.64. The van der Waals surface area contributed by atoms with E-state index in [9.17, 15) is 4.79 Å². The second-order valence-corrected chi connectivity index (χ2v) is 8.01. The molecule has 2 aromatic carbocycles. The Hall–Kier alpha value is -2.90. The van der Waals surface area contributed by atoms with Gasteiger partial charge in [0, 0.05) is 23.0 Å². The molecule has 0 bridgehead atoms. The number of hydrogen-bond donors (Lipinski definition) is 1.